The van der Waals surface area contributed by atoms with Crippen molar-refractivity contribution in [2.45, 2.75) is 19.4 Å². The maximum Gasteiger partial charge on any atom is 0.254 e. The Labute approximate surface area is 131 Å². The molecule has 0 radical (unpaired) electrons. The standard InChI is InChI=1S/C14H16BrClN2O2/c1-14(2)13(20)17(3)6-7-18(14)12(19)9-4-5-10(15)11(16)8-9/h4-5,8H,6-7H2,1-3H3. The van der Waals surface area contributed by atoms with Gasteiger partial charge in [0, 0.05) is 30.2 Å². The van der Waals surface area contributed by atoms with Crippen molar-refractivity contribution in [3.05, 3.63) is 33.3 Å². The number of piperazine rings is 1. The van der Waals surface area contributed by atoms with E-state index in [9.17, 15) is 9.59 Å². The average Bonchev–Trinajstić information content (AvgIpc) is 2.39. The Morgan fingerprint density at radius 1 is 1.35 bits per heavy atom. The van der Waals surface area contributed by atoms with Gasteiger partial charge in [-0.05, 0) is 48.0 Å². The topological polar surface area (TPSA) is 40.6 Å². The van der Waals surface area contributed by atoms with Crippen LogP contribution in [0, 0.1) is 0 Å². The zero-order valence-electron chi connectivity index (χ0n) is 11.6. The van der Waals surface area contributed by atoms with Gasteiger partial charge in [-0.2, -0.15) is 0 Å². The smallest absolute Gasteiger partial charge is 0.254 e. The van der Waals surface area contributed by atoms with E-state index in [0.717, 1.165) is 4.47 Å². The van der Waals surface area contributed by atoms with E-state index in [0.29, 0.717) is 23.7 Å². The molecule has 1 heterocycles. The Balaban J connectivity index is 2.33. The maximum absolute atomic E-state index is 12.6. The molecular formula is C14H16BrClN2O2. The highest BCUT2D eigenvalue weighted by Crippen LogP contribution is 2.27. The summed E-state index contributed by atoms with van der Waals surface area (Å²) >= 11 is 9.32. The van der Waals surface area contributed by atoms with Crippen molar-refractivity contribution in [1.29, 1.82) is 0 Å². The minimum absolute atomic E-state index is 0.0553. The van der Waals surface area contributed by atoms with Crippen molar-refractivity contribution in [3.63, 3.8) is 0 Å². The lowest BCUT2D eigenvalue weighted by atomic mass is 9.96. The van der Waals surface area contributed by atoms with Crippen molar-refractivity contribution in [1.82, 2.24) is 9.80 Å². The van der Waals surface area contributed by atoms with Crippen molar-refractivity contribution in [2.75, 3.05) is 20.1 Å². The summed E-state index contributed by atoms with van der Waals surface area (Å²) in [6.45, 7) is 4.59. The summed E-state index contributed by atoms with van der Waals surface area (Å²) in [6, 6.07) is 5.06. The van der Waals surface area contributed by atoms with Crippen molar-refractivity contribution in [3.8, 4) is 0 Å². The van der Waals surface area contributed by atoms with Crippen LogP contribution in [0.1, 0.15) is 24.2 Å². The summed E-state index contributed by atoms with van der Waals surface area (Å²) in [4.78, 5) is 28.1. The summed E-state index contributed by atoms with van der Waals surface area (Å²) in [5.41, 5.74) is -0.354. The van der Waals surface area contributed by atoms with Gasteiger partial charge in [0.15, 0.2) is 0 Å². The van der Waals surface area contributed by atoms with Crippen LogP contribution in [0.5, 0.6) is 0 Å². The third-order valence-electron chi connectivity index (χ3n) is 3.62. The van der Waals surface area contributed by atoms with E-state index in [1.807, 2.05) is 0 Å². The predicted octanol–water partition coefficient (Wildman–Crippen LogP) is 2.80. The minimum Gasteiger partial charge on any atom is -0.342 e. The molecule has 0 bridgehead atoms. The molecule has 1 aromatic carbocycles. The first-order valence-electron chi connectivity index (χ1n) is 6.27. The van der Waals surface area contributed by atoms with Crippen LogP contribution in [0.25, 0.3) is 0 Å². The van der Waals surface area contributed by atoms with E-state index in [1.54, 1.807) is 48.9 Å². The van der Waals surface area contributed by atoms with Gasteiger partial charge in [-0.1, -0.05) is 11.6 Å². The van der Waals surface area contributed by atoms with E-state index < -0.39 is 5.54 Å². The van der Waals surface area contributed by atoms with Gasteiger partial charge < -0.3 is 9.80 Å². The molecule has 0 spiro atoms. The van der Waals surface area contributed by atoms with Crippen molar-refractivity contribution in [2.24, 2.45) is 0 Å². The molecule has 2 amide bonds. The maximum atomic E-state index is 12.6. The first-order valence-corrected chi connectivity index (χ1v) is 7.45. The molecule has 6 heteroatoms. The molecule has 1 saturated heterocycles. The number of nitrogens with zero attached hydrogens (tertiary/aromatic N) is 2. The summed E-state index contributed by atoms with van der Waals surface area (Å²) in [6.07, 6.45) is 0. The molecule has 0 N–H and O–H groups in total. The number of carbonyl (C=O) groups is 2. The summed E-state index contributed by atoms with van der Waals surface area (Å²) in [5.74, 6) is -0.230. The van der Waals surface area contributed by atoms with E-state index in [1.165, 1.54) is 0 Å². The van der Waals surface area contributed by atoms with Gasteiger partial charge in [0.2, 0.25) is 5.91 Å². The lowest BCUT2D eigenvalue weighted by Crippen LogP contribution is -2.63. The predicted molar refractivity (Wildman–Crippen MR) is 81.9 cm³/mol. The molecule has 0 unspecified atom stereocenters. The average molecular weight is 360 g/mol. The first-order chi connectivity index (χ1) is 9.25. The minimum atomic E-state index is -0.844. The third kappa shape index (κ3) is 2.56. The van der Waals surface area contributed by atoms with E-state index in [2.05, 4.69) is 15.9 Å². The zero-order valence-corrected chi connectivity index (χ0v) is 14.0. The quantitative estimate of drug-likeness (QED) is 0.773. The second-order valence-corrected chi connectivity index (χ2v) is 6.63. The highest BCUT2D eigenvalue weighted by Gasteiger charge is 2.43. The fourth-order valence-corrected chi connectivity index (χ4v) is 2.78. The largest absolute Gasteiger partial charge is 0.342 e. The van der Waals surface area contributed by atoms with Crippen molar-refractivity contribution < 1.29 is 9.59 Å². The molecule has 108 valence electrons. The van der Waals surface area contributed by atoms with Crippen molar-refractivity contribution >= 4 is 39.3 Å². The molecule has 1 aliphatic heterocycles. The van der Waals surface area contributed by atoms with Gasteiger partial charge >= 0.3 is 0 Å². The summed E-state index contributed by atoms with van der Waals surface area (Å²) in [5, 5.41) is 0.481. The summed E-state index contributed by atoms with van der Waals surface area (Å²) in [7, 11) is 1.75. The van der Waals surface area contributed by atoms with Crippen LogP contribution in [0.3, 0.4) is 0 Å². The Hall–Kier alpha value is -1.07. The third-order valence-corrected chi connectivity index (χ3v) is 4.85. The molecule has 4 nitrogen and oxygen atoms in total. The Morgan fingerprint density at radius 2 is 2.00 bits per heavy atom. The molecule has 0 aliphatic carbocycles. The Morgan fingerprint density at radius 3 is 2.60 bits per heavy atom. The van der Waals surface area contributed by atoms with Gasteiger partial charge in [-0.25, -0.2) is 0 Å². The number of carbonyl (C=O) groups excluding carboxylic acids is 2. The van der Waals surface area contributed by atoms with Gasteiger partial charge in [0.1, 0.15) is 5.54 Å². The fourth-order valence-electron chi connectivity index (χ4n) is 2.35. The molecule has 1 fully saturated rings. The second kappa shape index (κ2) is 5.37. The number of hydrogen-bond donors (Lipinski definition) is 0. The molecule has 0 saturated carbocycles. The monoisotopic (exact) mass is 358 g/mol. The van der Waals surface area contributed by atoms with Gasteiger partial charge in [-0.15, -0.1) is 0 Å². The van der Waals surface area contributed by atoms with E-state index >= 15 is 0 Å². The molecule has 1 aromatic rings. The number of benzene rings is 1. The van der Waals surface area contributed by atoms with Crippen LogP contribution in [0.15, 0.2) is 22.7 Å². The zero-order chi connectivity index (χ0) is 15.1. The van der Waals surface area contributed by atoms with Gasteiger partial charge in [-0.3, -0.25) is 9.59 Å². The fraction of sp³-hybridized carbons (Fsp3) is 0.429. The van der Waals surface area contributed by atoms with E-state index in [-0.39, 0.29) is 11.8 Å². The highest BCUT2D eigenvalue weighted by molar-refractivity contribution is 9.10. The Kier molecular flexibility index (Phi) is 4.12. The lowest BCUT2D eigenvalue weighted by Gasteiger charge is -2.44. The van der Waals surface area contributed by atoms with E-state index in [4.69, 9.17) is 11.6 Å². The molecule has 0 atom stereocenters. The molecule has 0 aromatic heterocycles. The molecular weight excluding hydrogens is 344 g/mol. The first kappa shape index (κ1) is 15.3. The number of likely N-dealkylation sites (N-methyl/N-ethyl adjacent to an activating group) is 1. The second-order valence-electron chi connectivity index (χ2n) is 5.37. The highest BCUT2D eigenvalue weighted by atomic mass is 79.9. The van der Waals surface area contributed by atoms with Gasteiger partial charge in [0.05, 0.1) is 5.02 Å². The van der Waals surface area contributed by atoms with Crippen LogP contribution in [-0.2, 0) is 4.79 Å². The number of rotatable bonds is 1. The number of amides is 2. The van der Waals surface area contributed by atoms with Crippen LogP contribution in [0.4, 0.5) is 0 Å². The number of halogens is 2. The van der Waals surface area contributed by atoms with Crippen LogP contribution in [0.2, 0.25) is 5.02 Å². The SMILES string of the molecule is CN1CCN(C(=O)c2ccc(Br)c(Cl)c2)C(C)(C)C1=O. The normalized spacial score (nSPS) is 18.4. The van der Waals surface area contributed by atoms with Crippen LogP contribution in [-0.4, -0.2) is 47.3 Å². The molecule has 20 heavy (non-hydrogen) atoms. The summed E-state index contributed by atoms with van der Waals surface area (Å²) < 4.78 is 0.740. The molecule has 1 aliphatic rings. The van der Waals surface area contributed by atoms with Gasteiger partial charge in [0.25, 0.3) is 5.91 Å². The lowest BCUT2D eigenvalue weighted by molar-refractivity contribution is -0.144. The molecule has 2 rings (SSSR count). The van der Waals surface area contributed by atoms with Crippen LogP contribution >= 0.6 is 27.5 Å². The Bertz CT molecular complexity index is 574. The number of hydrogen-bond acceptors (Lipinski definition) is 2. The van der Waals surface area contributed by atoms with Crippen LogP contribution < -0.4 is 0 Å².